The third-order valence-corrected chi connectivity index (χ3v) is 5.69. The minimum absolute atomic E-state index is 0.0547. The number of hydrogen-bond acceptors (Lipinski definition) is 6. The Hall–Kier alpha value is -1.77. The van der Waals surface area contributed by atoms with Crippen molar-refractivity contribution in [3.63, 3.8) is 0 Å². The average molecular weight is 346 g/mol. The number of aromatic nitrogens is 3. The molecule has 1 N–H and O–H groups in total. The molecule has 8 heteroatoms. The van der Waals surface area contributed by atoms with Gasteiger partial charge in [0.25, 0.3) is 5.91 Å². The molecule has 0 radical (unpaired) electrons. The van der Waals surface area contributed by atoms with Crippen LogP contribution in [-0.4, -0.2) is 75.8 Å². The zero-order valence-corrected chi connectivity index (χ0v) is 14.6. The van der Waals surface area contributed by atoms with Gasteiger partial charge in [-0.3, -0.25) is 14.4 Å². The number of hydrogen-bond donors (Lipinski definition) is 1. The molecule has 2 aliphatic rings. The molecule has 1 unspecified atom stereocenters. The third-order valence-electron chi connectivity index (χ3n) is 4.79. The summed E-state index contributed by atoms with van der Waals surface area (Å²) in [5.41, 5.74) is 1.52. The van der Waals surface area contributed by atoms with Crippen molar-refractivity contribution in [3.8, 4) is 10.6 Å². The molecule has 2 aliphatic heterocycles. The predicted molar refractivity (Wildman–Crippen MR) is 93.1 cm³/mol. The third kappa shape index (κ3) is 3.09. The van der Waals surface area contributed by atoms with Gasteiger partial charge in [-0.25, -0.2) is 4.98 Å². The van der Waals surface area contributed by atoms with Crippen molar-refractivity contribution in [2.45, 2.75) is 12.5 Å². The summed E-state index contributed by atoms with van der Waals surface area (Å²) in [5.74, 6) is 0.0547. The predicted octanol–water partition coefficient (Wildman–Crippen LogP) is 0.663. The van der Waals surface area contributed by atoms with E-state index < -0.39 is 0 Å². The highest BCUT2D eigenvalue weighted by atomic mass is 32.1. The molecule has 24 heavy (non-hydrogen) atoms. The van der Waals surface area contributed by atoms with Gasteiger partial charge in [0.2, 0.25) is 0 Å². The van der Waals surface area contributed by atoms with Crippen molar-refractivity contribution in [2.75, 3.05) is 39.3 Å². The molecule has 2 saturated heterocycles. The molecule has 0 saturated carbocycles. The summed E-state index contributed by atoms with van der Waals surface area (Å²) < 4.78 is 1.75. The highest BCUT2D eigenvalue weighted by Crippen LogP contribution is 2.25. The lowest BCUT2D eigenvalue weighted by atomic mass is 10.2. The van der Waals surface area contributed by atoms with E-state index in [0.29, 0.717) is 11.7 Å². The SMILES string of the molecule is Cn1cc(-c2nc(C(=O)N3CCC(N4CCNCC4)C3)cs2)cn1. The molecule has 1 amide bonds. The van der Waals surface area contributed by atoms with E-state index in [1.165, 1.54) is 11.3 Å². The normalized spacial score (nSPS) is 22.2. The Morgan fingerprint density at radius 3 is 2.92 bits per heavy atom. The minimum atomic E-state index is 0.0547. The highest BCUT2D eigenvalue weighted by Gasteiger charge is 2.32. The van der Waals surface area contributed by atoms with Gasteiger partial charge in [0.1, 0.15) is 10.7 Å². The fourth-order valence-corrected chi connectivity index (χ4v) is 4.24. The summed E-state index contributed by atoms with van der Waals surface area (Å²) in [4.78, 5) is 21.7. The number of nitrogens with zero attached hydrogens (tertiary/aromatic N) is 5. The van der Waals surface area contributed by atoms with Crippen molar-refractivity contribution in [2.24, 2.45) is 7.05 Å². The standard InChI is InChI=1S/C16H22N6OS/c1-20-9-12(8-18-20)15-19-14(11-24-15)16(23)22-5-2-13(10-22)21-6-3-17-4-7-21/h8-9,11,13,17H,2-7,10H2,1H3. The monoisotopic (exact) mass is 346 g/mol. The fourth-order valence-electron chi connectivity index (χ4n) is 3.47. The van der Waals surface area contributed by atoms with Crippen LogP contribution in [0.25, 0.3) is 10.6 Å². The lowest BCUT2D eigenvalue weighted by Crippen LogP contribution is -2.49. The zero-order chi connectivity index (χ0) is 16.5. The number of rotatable bonds is 3. The number of likely N-dealkylation sites (tertiary alicyclic amines) is 1. The maximum absolute atomic E-state index is 12.7. The Morgan fingerprint density at radius 2 is 2.17 bits per heavy atom. The van der Waals surface area contributed by atoms with Gasteiger partial charge in [-0.2, -0.15) is 5.10 Å². The van der Waals surface area contributed by atoms with Crippen molar-refractivity contribution in [3.05, 3.63) is 23.5 Å². The van der Waals surface area contributed by atoms with E-state index in [2.05, 4.69) is 20.3 Å². The van der Waals surface area contributed by atoms with Crippen LogP contribution in [0, 0.1) is 0 Å². The van der Waals surface area contributed by atoms with Gasteiger partial charge in [-0.1, -0.05) is 0 Å². The molecule has 4 rings (SSSR count). The average Bonchev–Trinajstić information content (AvgIpc) is 3.35. The number of carbonyl (C=O) groups is 1. The van der Waals surface area contributed by atoms with Gasteiger partial charge >= 0.3 is 0 Å². The zero-order valence-electron chi connectivity index (χ0n) is 13.8. The largest absolute Gasteiger partial charge is 0.336 e. The number of nitrogens with one attached hydrogen (secondary N) is 1. The van der Waals surface area contributed by atoms with E-state index in [-0.39, 0.29) is 5.91 Å². The summed E-state index contributed by atoms with van der Waals surface area (Å²) in [7, 11) is 1.88. The molecule has 2 fully saturated rings. The minimum Gasteiger partial charge on any atom is -0.336 e. The lowest BCUT2D eigenvalue weighted by molar-refractivity contribution is 0.0768. The fraction of sp³-hybridized carbons (Fsp3) is 0.562. The molecular formula is C16H22N6OS. The Balaban J connectivity index is 1.42. The Labute approximate surface area is 145 Å². The van der Waals surface area contributed by atoms with Gasteiger partial charge in [0.15, 0.2) is 0 Å². The smallest absolute Gasteiger partial charge is 0.273 e. The van der Waals surface area contributed by atoms with E-state index in [9.17, 15) is 4.79 Å². The molecule has 7 nitrogen and oxygen atoms in total. The second-order valence-corrected chi connectivity index (χ2v) is 7.28. The number of thiazole rings is 1. The molecule has 0 bridgehead atoms. The highest BCUT2D eigenvalue weighted by molar-refractivity contribution is 7.13. The first kappa shape index (κ1) is 15.7. The van der Waals surface area contributed by atoms with Crippen LogP contribution in [0.5, 0.6) is 0 Å². The second-order valence-electron chi connectivity index (χ2n) is 6.42. The van der Waals surface area contributed by atoms with Gasteiger partial charge < -0.3 is 10.2 Å². The van der Waals surface area contributed by atoms with Gasteiger partial charge in [0, 0.05) is 69.5 Å². The van der Waals surface area contributed by atoms with E-state index in [1.807, 2.05) is 23.5 Å². The summed E-state index contributed by atoms with van der Waals surface area (Å²) in [6.45, 7) is 5.89. The number of piperazine rings is 1. The first-order chi connectivity index (χ1) is 11.7. The van der Waals surface area contributed by atoms with Crippen LogP contribution in [-0.2, 0) is 7.05 Å². The molecule has 2 aromatic rings. The Morgan fingerprint density at radius 1 is 1.33 bits per heavy atom. The summed E-state index contributed by atoms with van der Waals surface area (Å²) in [5, 5.41) is 10.3. The van der Waals surface area contributed by atoms with E-state index in [4.69, 9.17) is 0 Å². The molecule has 128 valence electrons. The number of amides is 1. The van der Waals surface area contributed by atoms with Crippen LogP contribution in [0.4, 0.5) is 0 Å². The summed E-state index contributed by atoms with van der Waals surface area (Å²) in [6, 6.07) is 0.493. The van der Waals surface area contributed by atoms with Crippen molar-refractivity contribution >= 4 is 17.2 Å². The first-order valence-electron chi connectivity index (χ1n) is 8.39. The first-order valence-corrected chi connectivity index (χ1v) is 9.27. The van der Waals surface area contributed by atoms with E-state index >= 15 is 0 Å². The van der Waals surface area contributed by atoms with Crippen LogP contribution in [0.1, 0.15) is 16.9 Å². The van der Waals surface area contributed by atoms with Gasteiger partial charge in [-0.05, 0) is 6.42 Å². The van der Waals surface area contributed by atoms with Crippen molar-refractivity contribution in [1.29, 1.82) is 0 Å². The maximum Gasteiger partial charge on any atom is 0.273 e. The van der Waals surface area contributed by atoms with E-state index in [0.717, 1.165) is 56.3 Å². The Kier molecular flexibility index (Phi) is 4.34. The molecule has 0 aliphatic carbocycles. The van der Waals surface area contributed by atoms with Crippen LogP contribution >= 0.6 is 11.3 Å². The van der Waals surface area contributed by atoms with Gasteiger partial charge in [0.05, 0.1) is 6.20 Å². The van der Waals surface area contributed by atoms with Crippen LogP contribution in [0.3, 0.4) is 0 Å². The lowest BCUT2D eigenvalue weighted by Gasteiger charge is -2.32. The molecule has 1 atom stereocenters. The van der Waals surface area contributed by atoms with E-state index in [1.54, 1.807) is 10.9 Å². The van der Waals surface area contributed by atoms with Gasteiger partial charge in [-0.15, -0.1) is 11.3 Å². The molecule has 0 spiro atoms. The summed E-state index contributed by atoms with van der Waals surface area (Å²) >= 11 is 1.50. The number of aryl methyl sites for hydroxylation is 1. The topological polar surface area (TPSA) is 66.3 Å². The molecule has 4 heterocycles. The molecule has 2 aromatic heterocycles. The van der Waals surface area contributed by atoms with Crippen LogP contribution in [0.15, 0.2) is 17.8 Å². The maximum atomic E-state index is 12.7. The second kappa shape index (κ2) is 6.62. The van der Waals surface area contributed by atoms with Crippen LogP contribution < -0.4 is 5.32 Å². The molecular weight excluding hydrogens is 324 g/mol. The van der Waals surface area contributed by atoms with Crippen molar-refractivity contribution < 1.29 is 4.79 Å². The molecule has 0 aromatic carbocycles. The quantitative estimate of drug-likeness (QED) is 0.885. The van der Waals surface area contributed by atoms with Crippen molar-refractivity contribution in [1.82, 2.24) is 29.9 Å². The number of carbonyl (C=O) groups excluding carboxylic acids is 1. The van der Waals surface area contributed by atoms with Crippen LogP contribution in [0.2, 0.25) is 0 Å². The Bertz CT molecular complexity index is 720. The summed E-state index contributed by atoms with van der Waals surface area (Å²) in [6.07, 6.45) is 4.76.